The minimum atomic E-state index is -0.218. The molecule has 1 amide bonds. The highest BCUT2D eigenvalue weighted by Gasteiger charge is 2.27. The van der Waals surface area contributed by atoms with Crippen LogP contribution in [0.15, 0.2) is 0 Å². The molecule has 2 fully saturated rings. The molecule has 8 nitrogen and oxygen atoms in total. The van der Waals surface area contributed by atoms with Crippen LogP contribution in [0.1, 0.15) is 44.9 Å². The third kappa shape index (κ3) is 4.19. The molecule has 8 heteroatoms. The topological polar surface area (TPSA) is 96.2 Å². The first kappa shape index (κ1) is 16.2. The van der Waals surface area contributed by atoms with Crippen LogP contribution in [0.3, 0.4) is 0 Å². The van der Waals surface area contributed by atoms with Gasteiger partial charge in [0.1, 0.15) is 0 Å². The zero-order chi connectivity index (χ0) is 16.2. The standard InChI is InChI=1S/C15H26N6O2/c1-20-15(17-18-19-20)21-7-3-2-4-12(10-21)16-14(23)9-11-5-6-13(22)8-11/h11-13,22H,2-10H2,1H3,(H,16,23). The van der Waals surface area contributed by atoms with Crippen LogP contribution in [0.2, 0.25) is 0 Å². The molecular formula is C15H26N6O2. The van der Waals surface area contributed by atoms with Crippen molar-refractivity contribution in [3.8, 4) is 0 Å². The van der Waals surface area contributed by atoms with Crippen LogP contribution in [0.5, 0.6) is 0 Å². The van der Waals surface area contributed by atoms with Gasteiger partial charge in [0.15, 0.2) is 0 Å². The molecule has 0 radical (unpaired) electrons. The smallest absolute Gasteiger partial charge is 0.245 e. The molecule has 3 rings (SSSR count). The molecule has 1 aliphatic carbocycles. The first-order chi connectivity index (χ1) is 11.1. The van der Waals surface area contributed by atoms with Gasteiger partial charge in [-0.15, -0.1) is 0 Å². The summed E-state index contributed by atoms with van der Waals surface area (Å²) in [5.41, 5.74) is 0. The van der Waals surface area contributed by atoms with Crippen LogP contribution in [-0.2, 0) is 11.8 Å². The van der Waals surface area contributed by atoms with Crippen molar-refractivity contribution < 1.29 is 9.90 Å². The van der Waals surface area contributed by atoms with Crippen molar-refractivity contribution in [1.82, 2.24) is 25.5 Å². The number of aryl methyl sites for hydroxylation is 1. The molecule has 1 aromatic rings. The van der Waals surface area contributed by atoms with Gasteiger partial charge in [-0.1, -0.05) is 5.10 Å². The molecule has 1 aromatic heterocycles. The molecule has 2 aliphatic rings. The second kappa shape index (κ2) is 7.25. The third-order valence-electron chi connectivity index (χ3n) is 4.90. The Kier molecular flexibility index (Phi) is 5.09. The van der Waals surface area contributed by atoms with E-state index in [4.69, 9.17) is 0 Å². The summed E-state index contributed by atoms with van der Waals surface area (Å²) in [5, 5.41) is 24.4. The molecule has 3 atom stereocenters. The fourth-order valence-electron chi connectivity index (χ4n) is 3.72. The van der Waals surface area contributed by atoms with Crippen molar-refractivity contribution in [3.63, 3.8) is 0 Å². The molecule has 0 bridgehead atoms. The molecule has 128 valence electrons. The maximum atomic E-state index is 12.3. The lowest BCUT2D eigenvalue weighted by molar-refractivity contribution is -0.122. The van der Waals surface area contributed by atoms with E-state index in [1.165, 1.54) is 0 Å². The van der Waals surface area contributed by atoms with Crippen LogP contribution in [0, 0.1) is 5.92 Å². The van der Waals surface area contributed by atoms with Crippen LogP contribution >= 0.6 is 0 Å². The highest BCUT2D eigenvalue weighted by molar-refractivity contribution is 5.76. The zero-order valence-electron chi connectivity index (χ0n) is 13.7. The Morgan fingerprint density at radius 1 is 1.35 bits per heavy atom. The van der Waals surface area contributed by atoms with E-state index in [1.54, 1.807) is 4.68 Å². The van der Waals surface area contributed by atoms with E-state index in [0.29, 0.717) is 12.3 Å². The number of aliphatic hydroxyl groups is 1. The van der Waals surface area contributed by atoms with Crippen LogP contribution in [-0.4, -0.2) is 56.5 Å². The number of nitrogens with zero attached hydrogens (tertiary/aromatic N) is 5. The predicted molar refractivity (Wildman–Crippen MR) is 84.8 cm³/mol. The number of amides is 1. The van der Waals surface area contributed by atoms with E-state index in [2.05, 4.69) is 25.7 Å². The average molecular weight is 322 g/mol. The van der Waals surface area contributed by atoms with Gasteiger partial charge in [-0.3, -0.25) is 4.79 Å². The number of hydrogen-bond donors (Lipinski definition) is 2. The molecular weight excluding hydrogens is 296 g/mol. The summed E-state index contributed by atoms with van der Waals surface area (Å²) in [6.45, 7) is 1.66. The van der Waals surface area contributed by atoms with Crippen LogP contribution in [0.4, 0.5) is 5.95 Å². The lowest BCUT2D eigenvalue weighted by Crippen LogP contribution is -2.43. The Hall–Kier alpha value is -1.70. The fraction of sp³-hybridized carbons (Fsp3) is 0.867. The molecule has 3 unspecified atom stereocenters. The van der Waals surface area contributed by atoms with Crippen molar-refractivity contribution in [1.29, 1.82) is 0 Å². The van der Waals surface area contributed by atoms with Gasteiger partial charge in [-0.2, -0.15) is 0 Å². The van der Waals surface area contributed by atoms with Gasteiger partial charge in [0.25, 0.3) is 0 Å². The van der Waals surface area contributed by atoms with Gasteiger partial charge in [0, 0.05) is 32.6 Å². The van der Waals surface area contributed by atoms with Crippen molar-refractivity contribution in [2.45, 2.75) is 57.1 Å². The molecule has 23 heavy (non-hydrogen) atoms. The number of aliphatic hydroxyl groups excluding tert-OH is 1. The number of hydrogen-bond acceptors (Lipinski definition) is 6. The minimum absolute atomic E-state index is 0.104. The summed E-state index contributed by atoms with van der Waals surface area (Å²) in [7, 11) is 1.83. The Morgan fingerprint density at radius 3 is 2.91 bits per heavy atom. The van der Waals surface area contributed by atoms with Gasteiger partial charge in [0.2, 0.25) is 11.9 Å². The van der Waals surface area contributed by atoms with E-state index in [0.717, 1.165) is 57.6 Å². The number of carbonyl (C=O) groups is 1. The number of nitrogens with one attached hydrogen (secondary N) is 1. The summed E-state index contributed by atoms with van der Waals surface area (Å²) >= 11 is 0. The lowest BCUT2D eigenvalue weighted by Gasteiger charge is -2.25. The lowest BCUT2D eigenvalue weighted by atomic mass is 10.0. The summed E-state index contributed by atoms with van der Waals surface area (Å²) in [4.78, 5) is 14.4. The SMILES string of the molecule is Cn1nnnc1N1CCCCC(NC(=O)CC2CCC(O)C2)C1. The van der Waals surface area contributed by atoms with Gasteiger partial charge < -0.3 is 15.3 Å². The summed E-state index contributed by atoms with van der Waals surface area (Å²) < 4.78 is 1.67. The monoisotopic (exact) mass is 322 g/mol. The van der Waals surface area contributed by atoms with Gasteiger partial charge in [-0.05, 0) is 54.9 Å². The van der Waals surface area contributed by atoms with Crippen molar-refractivity contribution >= 4 is 11.9 Å². The van der Waals surface area contributed by atoms with E-state index in [-0.39, 0.29) is 18.1 Å². The molecule has 0 aromatic carbocycles. The number of anilines is 1. The van der Waals surface area contributed by atoms with Gasteiger partial charge in [-0.25, -0.2) is 4.68 Å². The first-order valence-corrected chi connectivity index (χ1v) is 8.56. The number of tetrazole rings is 1. The average Bonchev–Trinajstić information content (AvgIpc) is 3.03. The second-order valence-electron chi connectivity index (χ2n) is 6.85. The van der Waals surface area contributed by atoms with Gasteiger partial charge in [0.05, 0.1) is 6.10 Å². The maximum absolute atomic E-state index is 12.3. The largest absolute Gasteiger partial charge is 0.393 e. The van der Waals surface area contributed by atoms with Crippen LogP contribution < -0.4 is 10.2 Å². The van der Waals surface area contributed by atoms with Crippen molar-refractivity contribution in [2.75, 3.05) is 18.0 Å². The van der Waals surface area contributed by atoms with E-state index < -0.39 is 0 Å². The highest BCUT2D eigenvalue weighted by Crippen LogP contribution is 2.28. The normalized spacial score (nSPS) is 28.6. The second-order valence-corrected chi connectivity index (χ2v) is 6.85. The molecule has 2 heterocycles. The number of carbonyl (C=O) groups excluding carboxylic acids is 1. The summed E-state index contributed by atoms with van der Waals surface area (Å²) in [5.74, 6) is 1.19. The van der Waals surface area contributed by atoms with E-state index in [9.17, 15) is 9.90 Å². The quantitative estimate of drug-likeness (QED) is 0.824. The number of aromatic nitrogens is 4. The Morgan fingerprint density at radius 2 is 2.22 bits per heavy atom. The maximum Gasteiger partial charge on any atom is 0.245 e. The molecule has 1 aliphatic heterocycles. The Labute approximate surface area is 136 Å². The van der Waals surface area contributed by atoms with E-state index >= 15 is 0 Å². The zero-order valence-corrected chi connectivity index (χ0v) is 13.7. The molecule has 1 saturated carbocycles. The molecule has 1 saturated heterocycles. The van der Waals surface area contributed by atoms with Crippen LogP contribution in [0.25, 0.3) is 0 Å². The van der Waals surface area contributed by atoms with E-state index in [1.807, 2.05) is 7.05 Å². The molecule has 2 N–H and O–H groups in total. The van der Waals surface area contributed by atoms with Crippen molar-refractivity contribution in [3.05, 3.63) is 0 Å². The van der Waals surface area contributed by atoms with Gasteiger partial charge >= 0.3 is 0 Å². The predicted octanol–water partition coefficient (Wildman–Crippen LogP) is 0.236. The van der Waals surface area contributed by atoms with Crippen molar-refractivity contribution in [2.24, 2.45) is 13.0 Å². The Balaban J connectivity index is 1.54. The third-order valence-corrected chi connectivity index (χ3v) is 4.90. The summed E-state index contributed by atoms with van der Waals surface area (Å²) in [6.07, 6.45) is 6.01. The summed E-state index contributed by atoms with van der Waals surface area (Å²) in [6, 6.07) is 0.132. The molecule has 0 spiro atoms. The minimum Gasteiger partial charge on any atom is -0.393 e. The number of rotatable bonds is 4. The highest BCUT2D eigenvalue weighted by atomic mass is 16.3. The fourth-order valence-corrected chi connectivity index (χ4v) is 3.72. The Bertz CT molecular complexity index is 534. The first-order valence-electron chi connectivity index (χ1n) is 8.56.